The van der Waals surface area contributed by atoms with Crippen molar-refractivity contribution in [3.05, 3.63) is 52.8 Å². The zero-order chi connectivity index (χ0) is 18.2. The van der Waals surface area contributed by atoms with Crippen LogP contribution in [0.4, 0.5) is 0 Å². The molecule has 1 aromatic heterocycles. The van der Waals surface area contributed by atoms with E-state index in [1.54, 1.807) is 25.3 Å². The molecular formula is C17H17ClN2O5. The van der Waals surface area contributed by atoms with Crippen molar-refractivity contribution < 1.29 is 23.8 Å². The smallest absolute Gasteiger partial charge is 0.340 e. The quantitative estimate of drug-likeness (QED) is 0.599. The second-order valence-corrected chi connectivity index (χ2v) is 5.30. The maximum absolute atomic E-state index is 11.8. The Kier molecular flexibility index (Phi) is 6.59. The van der Waals surface area contributed by atoms with Gasteiger partial charge in [0.15, 0.2) is 18.1 Å². The summed E-state index contributed by atoms with van der Waals surface area (Å²) in [7, 11) is 3.08. The van der Waals surface area contributed by atoms with Crippen LogP contribution >= 0.6 is 11.6 Å². The zero-order valence-corrected chi connectivity index (χ0v) is 14.5. The van der Waals surface area contributed by atoms with Gasteiger partial charge in [0, 0.05) is 12.7 Å². The van der Waals surface area contributed by atoms with E-state index in [0.717, 1.165) is 5.56 Å². The van der Waals surface area contributed by atoms with E-state index in [1.807, 2.05) is 0 Å². The summed E-state index contributed by atoms with van der Waals surface area (Å²) < 4.78 is 15.3. The number of pyridine rings is 1. The van der Waals surface area contributed by atoms with Crippen LogP contribution in [0.1, 0.15) is 15.9 Å². The van der Waals surface area contributed by atoms with Crippen molar-refractivity contribution in [1.29, 1.82) is 0 Å². The number of methoxy groups -OCH3 is 2. The fourth-order valence-corrected chi connectivity index (χ4v) is 2.07. The van der Waals surface area contributed by atoms with E-state index >= 15 is 0 Å². The second-order valence-electron chi connectivity index (χ2n) is 4.91. The fourth-order valence-electron chi connectivity index (χ4n) is 1.95. The van der Waals surface area contributed by atoms with Crippen molar-refractivity contribution >= 4 is 23.5 Å². The summed E-state index contributed by atoms with van der Waals surface area (Å²) in [5, 5.41) is 2.92. The van der Waals surface area contributed by atoms with Gasteiger partial charge >= 0.3 is 5.97 Å². The topological polar surface area (TPSA) is 86.8 Å². The molecule has 1 N–H and O–H groups in total. The Bertz CT molecular complexity index is 749. The van der Waals surface area contributed by atoms with Gasteiger partial charge in [0.2, 0.25) is 0 Å². The number of carbonyl (C=O) groups is 2. The number of ether oxygens (including phenoxy) is 3. The third-order valence-electron chi connectivity index (χ3n) is 3.24. The maximum atomic E-state index is 11.8. The minimum Gasteiger partial charge on any atom is -0.493 e. The minimum absolute atomic E-state index is 0.220. The van der Waals surface area contributed by atoms with Gasteiger partial charge in [0.25, 0.3) is 5.91 Å². The maximum Gasteiger partial charge on any atom is 0.340 e. The number of nitrogens with zero attached hydrogens (tertiary/aromatic N) is 1. The van der Waals surface area contributed by atoms with Crippen LogP contribution in [0.3, 0.4) is 0 Å². The molecule has 0 aliphatic rings. The molecule has 1 aromatic carbocycles. The summed E-state index contributed by atoms with van der Waals surface area (Å²) in [6.45, 7) is -0.131. The van der Waals surface area contributed by atoms with E-state index in [2.05, 4.69) is 10.3 Å². The molecule has 1 heterocycles. The third kappa shape index (κ3) is 5.36. The molecule has 0 spiro atoms. The van der Waals surface area contributed by atoms with Gasteiger partial charge in [-0.1, -0.05) is 17.7 Å². The van der Waals surface area contributed by atoms with Crippen LogP contribution < -0.4 is 14.8 Å². The largest absolute Gasteiger partial charge is 0.493 e. The van der Waals surface area contributed by atoms with Gasteiger partial charge in [-0.15, -0.1) is 0 Å². The lowest BCUT2D eigenvalue weighted by Gasteiger charge is -2.10. The summed E-state index contributed by atoms with van der Waals surface area (Å²) in [5.41, 5.74) is 1.04. The van der Waals surface area contributed by atoms with E-state index in [9.17, 15) is 9.59 Å². The lowest BCUT2D eigenvalue weighted by atomic mass is 10.2. The highest BCUT2D eigenvalue weighted by Crippen LogP contribution is 2.27. The number of carbonyl (C=O) groups excluding carboxylic acids is 2. The highest BCUT2D eigenvalue weighted by Gasteiger charge is 2.11. The van der Waals surface area contributed by atoms with Gasteiger partial charge in [0.05, 0.1) is 19.8 Å². The van der Waals surface area contributed by atoms with E-state index < -0.39 is 18.5 Å². The molecule has 25 heavy (non-hydrogen) atoms. The van der Waals surface area contributed by atoms with Crippen molar-refractivity contribution in [3.8, 4) is 11.5 Å². The van der Waals surface area contributed by atoms with Gasteiger partial charge in [-0.2, -0.15) is 0 Å². The number of aromatic nitrogens is 1. The summed E-state index contributed by atoms with van der Waals surface area (Å²) in [6, 6.07) is 8.24. The molecule has 0 aliphatic heterocycles. The van der Waals surface area contributed by atoms with Crippen LogP contribution in [0, 0.1) is 0 Å². The summed E-state index contributed by atoms with van der Waals surface area (Å²) in [4.78, 5) is 27.4. The van der Waals surface area contributed by atoms with Crippen molar-refractivity contribution in [3.63, 3.8) is 0 Å². The molecule has 1 amide bonds. The monoisotopic (exact) mass is 364 g/mol. The number of esters is 1. The number of hydrogen-bond donors (Lipinski definition) is 1. The molecule has 132 valence electrons. The summed E-state index contributed by atoms with van der Waals surface area (Å²) in [6.07, 6.45) is 1.28. The molecule has 0 bridgehead atoms. The highest BCUT2D eigenvalue weighted by atomic mass is 35.5. The molecule has 2 rings (SSSR count). The fraction of sp³-hybridized carbons (Fsp3) is 0.235. The Morgan fingerprint density at radius 2 is 1.88 bits per heavy atom. The molecule has 7 nitrogen and oxygen atoms in total. The minimum atomic E-state index is -0.648. The van der Waals surface area contributed by atoms with E-state index in [1.165, 1.54) is 25.4 Å². The summed E-state index contributed by atoms with van der Waals surface area (Å²) >= 11 is 5.64. The standard InChI is InChI=1S/C17H17ClN2O5/c1-23-13-5-3-11(7-14(13)24-2)8-20-16(21)10-25-17(22)12-4-6-15(18)19-9-12/h3-7,9H,8,10H2,1-2H3,(H,20,21). The number of benzene rings is 1. The Morgan fingerprint density at radius 1 is 1.12 bits per heavy atom. The number of rotatable bonds is 7. The molecule has 0 fully saturated rings. The number of nitrogens with one attached hydrogen (secondary N) is 1. The zero-order valence-electron chi connectivity index (χ0n) is 13.7. The van der Waals surface area contributed by atoms with E-state index in [-0.39, 0.29) is 17.3 Å². The molecule has 2 aromatic rings. The molecular weight excluding hydrogens is 348 g/mol. The SMILES string of the molecule is COc1ccc(CNC(=O)COC(=O)c2ccc(Cl)nc2)cc1OC. The van der Waals surface area contributed by atoms with Crippen molar-refractivity contribution in [2.75, 3.05) is 20.8 Å². The molecule has 0 aliphatic carbocycles. The second kappa shape index (κ2) is 8.89. The average molecular weight is 365 g/mol. The Morgan fingerprint density at radius 3 is 2.52 bits per heavy atom. The molecule has 8 heteroatoms. The summed E-state index contributed by atoms with van der Waals surface area (Å²) in [5.74, 6) is 0.0921. The number of hydrogen-bond acceptors (Lipinski definition) is 6. The Hall–Kier alpha value is -2.80. The van der Waals surface area contributed by atoms with E-state index in [0.29, 0.717) is 11.5 Å². The predicted octanol–water partition coefficient (Wildman–Crippen LogP) is 2.23. The first-order chi connectivity index (χ1) is 12.0. The van der Waals surface area contributed by atoms with Gasteiger partial charge in [-0.05, 0) is 29.8 Å². The third-order valence-corrected chi connectivity index (χ3v) is 3.46. The predicted molar refractivity (Wildman–Crippen MR) is 90.9 cm³/mol. The molecule has 0 radical (unpaired) electrons. The van der Waals surface area contributed by atoms with Crippen molar-refractivity contribution in [2.45, 2.75) is 6.54 Å². The lowest BCUT2D eigenvalue weighted by Crippen LogP contribution is -2.28. The highest BCUT2D eigenvalue weighted by molar-refractivity contribution is 6.29. The van der Waals surface area contributed by atoms with Crippen LogP contribution in [0.25, 0.3) is 0 Å². The van der Waals surface area contributed by atoms with Gasteiger partial charge < -0.3 is 19.5 Å². The van der Waals surface area contributed by atoms with Gasteiger partial charge in [0.1, 0.15) is 5.15 Å². The molecule has 0 atom stereocenters. The first-order valence-corrected chi connectivity index (χ1v) is 7.67. The van der Waals surface area contributed by atoms with Crippen LogP contribution in [0.2, 0.25) is 5.15 Å². The Labute approximate surface area is 149 Å². The van der Waals surface area contributed by atoms with Crippen LogP contribution in [0.5, 0.6) is 11.5 Å². The lowest BCUT2D eigenvalue weighted by molar-refractivity contribution is -0.124. The normalized spacial score (nSPS) is 10.0. The van der Waals surface area contributed by atoms with Crippen LogP contribution in [0.15, 0.2) is 36.5 Å². The van der Waals surface area contributed by atoms with Gasteiger partial charge in [-0.25, -0.2) is 9.78 Å². The van der Waals surface area contributed by atoms with Crippen LogP contribution in [-0.4, -0.2) is 37.7 Å². The van der Waals surface area contributed by atoms with Gasteiger partial charge in [-0.3, -0.25) is 4.79 Å². The number of halogens is 1. The molecule has 0 saturated carbocycles. The molecule has 0 saturated heterocycles. The van der Waals surface area contributed by atoms with Crippen molar-refractivity contribution in [1.82, 2.24) is 10.3 Å². The van der Waals surface area contributed by atoms with Crippen molar-refractivity contribution in [2.24, 2.45) is 0 Å². The first-order valence-electron chi connectivity index (χ1n) is 7.29. The number of amides is 1. The first kappa shape index (κ1) is 18.5. The Balaban J connectivity index is 1.82. The molecule has 0 unspecified atom stereocenters. The average Bonchev–Trinajstić information content (AvgIpc) is 2.64. The van der Waals surface area contributed by atoms with Crippen LogP contribution in [-0.2, 0) is 16.1 Å². The van der Waals surface area contributed by atoms with E-state index in [4.69, 9.17) is 25.8 Å².